The van der Waals surface area contributed by atoms with E-state index < -0.39 is 0 Å². The first-order chi connectivity index (χ1) is 10.3. The first kappa shape index (κ1) is 18.0. The lowest BCUT2D eigenvalue weighted by Gasteiger charge is -2.21. The molecular formula is C16H22ClN3O2. The third-order valence-electron chi connectivity index (χ3n) is 2.91. The molecule has 0 aromatic heterocycles. The predicted molar refractivity (Wildman–Crippen MR) is 91.3 cm³/mol. The monoisotopic (exact) mass is 323 g/mol. The summed E-state index contributed by atoms with van der Waals surface area (Å²) < 4.78 is 0. The molecule has 1 aromatic carbocycles. The van der Waals surface area contributed by atoms with E-state index >= 15 is 0 Å². The molecule has 2 N–H and O–H groups in total. The highest BCUT2D eigenvalue weighted by Gasteiger charge is 2.12. The average molecular weight is 324 g/mol. The lowest BCUT2D eigenvalue weighted by molar-refractivity contribution is -0.128. The molecule has 5 nitrogen and oxygen atoms in total. The van der Waals surface area contributed by atoms with Crippen molar-refractivity contribution < 1.29 is 9.59 Å². The van der Waals surface area contributed by atoms with Gasteiger partial charge in [0.1, 0.15) is 0 Å². The van der Waals surface area contributed by atoms with Crippen molar-refractivity contribution in [2.75, 3.05) is 30.3 Å². The highest BCUT2D eigenvalue weighted by atomic mass is 35.5. The summed E-state index contributed by atoms with van der Waals surface area (Å²) in [7, 11) is 0. The molecule has 0 aliphatic heterocycles. The van der Waals surface area contributed by atoms with Gasteiger partial charge in [-0.25, -0.2) is 0 Å². The Labute approximate surface area is 136 Å². The van der Waals surface area contributed by atoms with Crippen LogP contribution in [0.4, 0.5) is 11.4 Å². The Bertz CT molecular complexity index is 573. The van der Waals surface area contributed by atoms with Gasteiger partial charge >= 0.3 is 0 Å². The predicted octanol–water partition coefficient (Wildman–Crippen LogP) is 3.13. The summed E-state index contributed by atoms with van der Waals surface area (Å²) in [5.74, 6) is -0.200. The molecule has 0 aliphatic rings. The molecule has 0 unspecified atom stereocenters. The van der Waals surface area contributed by atoms with Crippen molar-refractivity contribution in [1.29, 1.82) is 0 Å². The fourth-order valence-corrected chi connectivity index (χ4v) is 2.11. The van der Waals surface area contributed by atoms with Gasteiger partial charge in [0.2, 0.25) is 11.8 Å². The van der Waals surface area contributed by atoms with Crippen LogP contribution >= 0.6 is 11.6 Å². The van der Waals surface area contributed by atoms with Crippen molar-refractivity contribution in [2.24, 2.45) is 0 Å². The number of hydrogen-bond acceptors (Lipinski definition) is 3. The molecule has 22 heavy (non-hydrogen) atoms. The first-order valence-electron chi connectivity index (χ1n) is 7.06. The maximum Gasteiger partial charge on any atom is 0.242 e. The summed E-state index contributed by atoms with van der Waals surface area (Å²) in [5, 5.41) is 6.18. The fourth-order valence-electron chi connectivity index (χ4n) is 1.93. The van der Waals surface area contributed by atoms with Crippen LogP contribution in [0.25, 0.3) is 0 Å². The summed E-state index contributed by atoms with van der Waals surface area (Å²) in [6, 6.07) is 5.08. The molecule has 0 atom stereocenters. The van der Waals surface area contributed by atoms with Crippen LogP contribution in [-0.2, 0) is 9.59 Å². The molecule has 120 valence electrons. The molecule has 0 aliphatic carbocycles. The standard InChI is InChI=1S/C16H22ClN3O2/c1-5-20(10-11(2)3)16(22)9-18-15-8-13(19-12(4)21)6-7-14(15)17/h6-8,18H,2,5,9-10H2,1,3-4H3,(H,19,21). The van der Waals surface area contributed by atoms with Crippen LogP contribution in [0.15, 0.2) is 30.4 Å². The lowest BCUT2D eigenvalue weighted by Crippen LogP contribution is -2.36. The van der Waals surface area contributed by atoms with E-state index in [2.05, 4.69) is 17.2 Å². The Hall–Kier alpha value is -2.01. The third kappa shape index (κ3) is 5.77. The molecule has 0 heterocycles. The minimum absolute atomic E-state index is 0.0357. The van der Waals surface area contributed by atoms with E-state index in [1.807, 2.05) is 13.8 Å². The van der Waals surface area contributed by atoms with Gasteiger partial charge in [-0.05, 0) is 32.0 Å². The van der Waals surface area contributed by atoms with E-state index in [1.54, 1.807) is 23.1 Å². The van der Waals surface area contributed by atoms with Crippen molar-refractivity contribution in [3.8, 4) is 0 Å². The molecule has 1 rings (SSSR count). The maximum absolute atomic E-state index is 12.2. The van der Waals surface area contributed by atoms with Gasteiger partial charge < -0.3 is 15.5 Å². The summed E-state index contributed by atoms with van der Waals surface area (Å²) in [6.45, 7) is 10.3. The van der Waals surface area contributed by atoms with Crippen molar-refractivity contribution in [3.05, 3.63) is 35.4 Å². The van der Waals surface area contributed by atoms with Crippen LogP contribution in [0.1, 0.15) is 20.8 Å². The van der Waals surface area contributed by atoms with Gasteiger partial charge in [-0.15, -0.1) is 0 Å². The number of carbonyl (C=O) groups excluding carboxylic acids is 2. The van der Waals surface area contributed by atoms with Crippen molar-refractivity contribution in [2.45, 2.75) is 20.8 Å². The zero-order valence-corrected chi connectivity index (χ0v) is 14.0. The summed E-state index contributed by atoms with van der Waals surface area (Å²) in [6.07, 6.45) is 0. The van der Waals surface area contributed by atoms with Crippen LogP contribution in [0.5, 0.6) is 0 Å². The molecule has 0 saturated carbocycles. The van der Waals surface area contributed by atoms with Crippen LogP contribution in [0.2, 0.25) is 5.02 Å². The van der Waals surface area contributed by atoms with Crippen LogP contribution in [0.3, 0.4) is 0 Å². The molecule has 1 aromatic rings. The molecule has 0 spiro atoms. The first-order valence-corrected chi connectivity index (χ1v) is 7.44. The number of anilines is 2. The van der Waals surface area contributed by atoms with Gasteiger partial charge in [-0.1, -0.05) is 23.8 Å². The van der Waals surface area contributed by atoms with E-state index in [4.69, 9.17) is 11.6 Å². The van der Waals surface area contributed by atoms with Gasteiger partial charge in [0.25, 0.3) is 0 Å². The lowest BCUT2D eigenvalue weighted by atomic mass is 10.2. The quantitative estimate of drug-likeness (QED) is 0.758. The number of amides is 2. The van der Waals surface area contributed by atoms with E-state index in [9.17, 15) is 9.59 Å². The number of hydrogen-bond donors (Lipinski definition) is 2. The molecular weight excluding hydrogens is 302 g/mol. The number of nitrogens with zero attached hydrogens (tertiary/aromatic N) is 1. The van der Waals surface area contributed by atoms with Crippen molar-refractivity contribution in [1.82, 2.24) is 4.90 Å². The van der Waals surface area contributed by atoms with Gasteiger partial charge in [0.15, 0.2) is 0 Å². The minimum atomic E-state index is -0.164. The number of benzene rings is 1. The van der Waals surface area contributed by atoms with Crippen molar-refractivity contribution >= 4 is 34.8 Å². The Morgan fingerprint density at radius 3 is 2.55 bits per heavy atom. The summed E-state index contributed by atoms with van der Waals surface area (Å²) in [4.78, 5) is 24.9. The van der Waals surface area contributed by atoms with Crippen LogP contribution < -0.4 is 10.6 Å². The second-order valence-electron chi connectivity index (χ2n) is 5.09. The molecule has 0 bridgehead atoms. The smallest absolute Gasteiger partial charge is 0.242 e. The van der Waals surface area contributed by atoms with E-state index in [1.165, 1.54) is 6.92 Å². The number of nitrogens with one attached hydrogen (secondary N) is 2. The Morgan fingerprint density at radius 1 is 1.32 bits per heavy atom. The Balaban J connectivity index is 2.72. The van der Waals surface area contributed by atoms with Gasteiger partial charge in [0.05, 0.1) is 17.3 Å². The largest absolute Gasteiger partial charge is 0.375 e. The van der Waals surface area contributed by atoms with Gasteiger partial charge in [0, 0.05) is 25.7 Å². The average Bonchev–Trinajstić information content (AvgIpc) is 2.44. The molecule has 6 heteroatoms. The Kier molecular flexibility index (Phi) is 6.92. The summed E-state index contributed by atoms with van der Waals surface area (Å²) >= 11 is 6.10. The number of rotatable bonds is 7. The van der Waals surface area contributed by atoms with Gasteiger partial charge in [-0.3, -0.25) is 9.59 Å². The molecule has 2 amide bonds. The normalized spacial score (nSPS) is 10.0. The SMILES string of the molecule is C=C(C)CN(CC)C(=O)CNc1cc(NC(C)=O)ccc1Cl. The number of likely N-dealkylation sites (N-methyl/N-ethyl adjacent to an activating group) is 1. The highest BCUT2D eigenvalue weighted by molar-refractivity contribution is 6.33. The maximum atomic E-state index is 12.2. The Morgan fingerprint density at radius 2 is 2.00 bits per heavy atom. The van der Waals surface area contributed by atoms with Gasteiger partial charge in [-0.2, -0.15) is 0 Å². The summed E-state index contributed by atoms with van der Waals surface area (Å²) in [5.41, 5.74) is 2.16. The van der Waals surface area contributed by atoms with E-state index in [0.717, 1.165) is 5.57 Å². The zero-order valence-electron chi connectivity index (χ0n) is 13.2. The second kappa shape index (κ2) is 8.44. The zero-order chi connectivity index (χ0) is 16.7. The third-order valence-corrected chi connectivity index (χ3v) is 3.24. The van der Waals surface area contributed by atoms with Crippen LogP contribution in [-0.4, -0.2) is 36.3 Å². The number of carbonyl (C=O) groups is 2. The topological polar surface area (TPSA) is 61.4 Å². The molecule has 0 radical (unpaired) electrons. The highest BCUT2D eigenvalue weighted by Crippen LogP contribution is 2.25. The van der Waals surface area contributed by atoms with E-state index in [0.29, 0.717) is 29.5 Å². The second-order valence-corrected chi connectivity index (χ2v) is 5.50. The van der Waals surface area contributed by atoms with Crippen LogP contribution in [0, 0.1) is 0 Å². The minimum Gasteiger partial charge on any atom is -0.375 e. The number of halogens is 1. The molecule has 0 saturated heterocycles. The van der Waals surface area contributed by atoms with Crippen molar-refractivity contribution in [3.63, 3.8) is 0 Å². The fraction of sp³-hybridized carbons (Fsp3) is 0.375. The molecule has 0 fully saturated rings. The van der Waals surface area contributed by atoms with E-state index in [-0.39, 0.29) is 18.4 Å².